The van der Waals surface area contributed by atoms with Gasteiger partial charge < -0.3 is 9.84 Å². The summed E-state index contributed by atoms with van der Waals surface area (Å²) in [5.74, 6) is -0.160. The molecule has 2 aromatic rings. The van der Waals surface area contributed by atoms with Gasteiger partial charge in [0.05, 0.1) is 6.61 Å². The first-order chi connectivity index (χ1) is 9.89. The number of benzene rings is 1. The highest BCUT2D eigenvalue weighted by molar-refractivity contribution is 6.30. The standard InChI is InChI=1S/C14H11ClF3NO2/c15-11-3-1-2-10(5-11)12-4-9(7-20)6-19-13(12)21-8-14(16,17)18/h1-6,20H,7-8H2. The second-order valence-corrected chi connectivity index (χ2v) is 4.71. The number of nitrogens with zero attached hydrogens (tertiary/aromatic N) is 1. The first kappa shape index (κ1) is 15.6. The molecule has 0 aliphatic rings. The number of aromatic nitrogens is 1. The monoisotopic (exact) mass is 317 g/mol. The van der Waals surface area contributed by atoms with E-state index in [1.807, 2.05) is 0 Å². The van der Waals surface area contributed by atoms with Crippen molar-refractivity contribution in [3.63, 3.8) is 0 Å². The number of pyridine rings is 1. The zero-order chi connectivity index (χ0) is 15.5. The van der Waals surface area contributed by atoms with Crippen molar-refractivity contribution in [3.05, 3.63) is 47.1 Å². The van der Waals surface area contributed by atoms with Gasteiger partial charge in [0, 0.05) is 16.8 Å². The van der Waals surface area contributed by atoms with Gasteiger partial charge in [-0.05, 0) is 29.3 Å². The van der Waals surface area contributed by atoms with E-state index in [1.54, 1.807) is 24.3 Å². The number of ether oxygens (including phenoxy) is 1. The lowest BCUT2D eigenvalue weighted by Crippen LogP contribution is -2.20. The molecular weight excluding hydrogens is 307 g/mol. The fourth-order valence-corrected chi connectivity index (χ4v) is 1.90. The van der Waals surface area contributed by atoms with Crippen molar-refractivity contribution < 1.29 is 23.0 Å². The van der Waals surface area contributed by atoms with Gasteiger partial charge in [-0.3, -0.25) is 0 Å². The molecule has 0 fully saturated rings. The van der Waals surface area contributed by atoms with Gasteiger partial charge in [0.25, 0.3) is 0 Å². The van der Waals surface area contributed by atoms with E-state index in [9.17, 15) is 13.2 Å². The predicted molar refractivity (Wildman–Crippen MR) is 72.2 cm³/mol. The van der Waals surface area contributed by atoms with Crippen LogP contribution in [-0.4, -0.2) is 22.9 Å². The first-order valence-corrected chi connectivity index (χ1v) is 6.32. The van der Waals surface area contributed by atoms with Gasteiger partial charge in [0.2, 0.25) is 5.88 Å². The van der Waals surface area contributed by atoms with Gasteiger partial charge in [0.15, 0.2) is 6.61 Å². The Labute approximate surface area is 124 Å². The van der Waals surface area contributed by atoms with Gasteiger partial charge >= 0.3 is 6.18 Å². The fraction of sp³-hybridized carbons (Fsp3) is 0.214. The van der Waals surface area contributed by atoms with Gasteiger partial charge in [-0.15, -0.1) is 0 Å². The molecule has 1 N–H and O–H groups in total. The van der Waals surface area contributed by atoms with Crippen LogP contribution in [0.2, 0.25) is 5.02 Å². The largest absolute Gasteiger partial charge is 0.468 e. The zero-order valence-electron chi connectivity index (χ0n) is 10.7. The Kier molecular flexibility index (Phi) is 4.69. The van der Waals surface area contributed by atoms with Gasteiger partial charge in [0.1, 0.15) is 0 Å². The Morgan fingerprint density at radius 3 is 2.62 bits per heavy atom. The van der Waals surface area contributed by atoms with Crippen LogP contribution in [0.25, 0.3) is 11.1 Å². The molecule has 0 saturated carbocycles. The summed E-state index contributed by atoms with van der Waals surface area (Å²) < 4.78 is 41.5. The molecule has 0 unspecified atom stereocenters. The molecule has 0 atom stereocenters. The lowest BCUT2D eigenvalue weighted by Gasteiger charge is -2.13. The Balaban J connectivity index is 2.40. The zero-order valence-corrected chi connectivity index (χ0v) is 11.4. The Morgan fingerprint density at radius 2 is 2.00 bits per heavy atom. The molecule has 0 bridgehead atoms. The molecule has 2 rings (SSSR count). The summed E-state index contributed by atoms with van der Waals surface area (Å²) in [6.45, 7) is -1.72. The van der Waals surface area contributed by atoms with Crippen molar-refractivity contribution in [2.45, 2.75) is 12.8 Å². The summed E-state index contributed by atoms with van der Waals surface area (Å²) in [5, 5.41) is 9.56. The minimum absolute atomic E-state index is 0.160. The minimum Gasteiger partial charge on any atom is -0.468 e. The maximum Gasteiger partial charge on any atom is 0.422 e. The number of hydrogen-bond acceptors (Lipinski definition) is 3. The number of aliphatic hydroxyl groups excluding tert-OH is 1. The average molecular weight is 318 g/mol. The lowest BCUT2D eigenvalue weighted by molar-refractivity contribution is -0.154. The Morgan fingerprint density at radius 1 is 1.24 bits per heavy atom. The third-order valence-corrected chi connectivity index (χ3v) is 2.83. The summed E-state index contributed by atoms with van der Waals surface area (Å²) >= 11 is 5.88. The summed E-state index contributed by atoms with van der Waals surface area (Å²) in [5.41, 5.74) is 1.36. The normalized spacial score (nSPS) is 11.5. The molecule has 1 aromatic heterocycles. The Bertz CT molecular complexity index is 632. The highest BCUT2D eigenvalue weighted by atomic mass is 35.5. The van der Waals surface area contributed by atoms with Crippen molar-refractivity contribution in [2.24, 2.45) is 0 Å². The van der Waals surface area contributed by atoms with Crippen LogP contribution in [-0.2, 0) is 6.61 Å². The molecule has 21 heavy (non-hydrogen) atoms. The third kappa shape index (κ3) is 4.34. The van der Waals surface area contributed by atoms with E-state index in [-0.39, 0.29) is 12.5 Å². The van der Waals surface area contributed by atoms with Crippen molar-refractivity contribution in [1.29, 1.82) is 0 Å². The molecule has 0 saturated heterocycles. The molecule has 1 heterocycles. The number of rotatable bonds is 4. The molecule has 3 nitrogen and oxygen atoms in total. The van der Waals surface area contributed by atoms with E-state index in [1.165, 1.54) is 12.3 Å². The van der Waals surface area contributed by atoms with Crippen molar-refractivity contribution >= 4 is 11.6 Å². The van der Waals surface area contributed by atoms with Crippen molar-refractivity contribution in [3.8, 4) is 17.0 Å². The van der Waals surface area contributed by atoms with Crippen LogP contribution in [0.4, 0.5) is 13.2 Å². The number of hydrogen-bond donors (Lipinski definition) is 1. The SMILES string of the molecule is OCc1cnc(OCC(F)(F)F)c(-c2cccc(Cl)c2)c1. The van der Waals surface area contributed by atoms with Gasteiger partial charge in [-0.1, -0.05) is 23.7 Å². The molecule has 0 amide bonds. The Hall–Kier alpha value is -1.79. The molecule has 112 valence electrons. The molecule has 0 aliphatic heterocycles. The van der Waals surface area contributed by atoms with E-state index < -0.39 is 12.8 Å². The maximum absolute atomic E-state index is 12.3. The predicted octanol–water partition coefficient (Wildman–Crippen LogP) is 3.84. The van der Waals surface area contributed by atoms with Crippen molar-refractivity contribution in [1.82, 2.24) is 4.98 Å². The molecular formula is C14H11ClF3NO2. The second kappa shape index (κ2) is 6.32. The number of halogens is 4. The molecule has 1 aromatic carbocycles. The summed E-state index contributed by atoms with van der Waals surface area (Å²) in [7, 11) is 0. The molecule has 0 aliphatic carbocycles. The van der Waals surface area contributed by atoms with Gasteiger partial charge in [-0.2, -0.15) is 13.2 Å². The van der Waals surface area contributed by atoms with E-state index in [4.69, 9.17) is 21.4 Å². The smallest absolute Gasteiger partial charge is 0.422 e. The second-order valence-electron chi connectivity index (χ2n) is 4.27. The quantitative estimate of drug-likeness (QED) is 0.931. The maximum atomic E-state index is 12.3. The van der Waals surface area contributed by atoms with E-state index >= 15 is 0 Å². The van der Waals surface area contributed by atoms with Crippen LogP contribution in [0, 0.1) is 0 Å². The number of aliphatic hydroxyl groups is 1. The number of alkyl halides is 3. The van der Waals surface area contributed by atoms with Crippen LogP contribution in [0.5, 0.6) is 5.88 Å². The highest BCUT2D eigenvalue weighted by Crippen LogP contribution is 2.31. The fourth-order valence-electron chi connectivity index (χ4n) is 1.71. The van der Waals surface area contributed by atoms with E-state index in [2.05, 4.69) is 4.98 Å². The van der Waals surface area contributed by atoms with Crippen LogP contribution in [0.1, 0.15) is 5.56 Å². The first-order valence-electron chi connectivity index (χ1n) is 5.94. The van der Waals surface area contributed by atoms with Crippen LogP contribution < -0.4 is 4.74 Å². The van der Waals surface area contributed by atoms with Crippen LogP contribution >= 0.6 is 11.6 Å². The summed E-state index contributed by atoms with van der Waals surface area (Å²) in [4.78, 5) is 3.83. The summed E-state index contributed by atoms with van der Waals surface area (Å²) in [6, 6.07) is 8.08. The molecule has 0 radical (unpaired) electrons. The van der Waals surface area contributed by atoms with E-state index in [0.717, 1.165) is 0 Å². The van der Waals surface area contributed by atoms with Crippen LogP contribution in [0.15, 0.2) is 36.5 Å². The average Bonchev–Trinajstić information content (AvgIpc) is 2.44. The lowest BCUT2D eigenvalue weighted by atomic mass is 10.1. The highest BCUT2D eigenvalue weighted by Gasteiger charge is 2.29. The molecule has 0 spiro atoms. The van der Waals surface area contributed by atoms with E-state index in [0.29, 0.717) is 21.7 Å². The summed E-state index contributed by atoms with van der Waals surface area (Å²) in [6.07, 6.45) is -3.19. The molecule has 7 heteroatoms. The van der Waals surface area contributed by atoms with Crippen LogP contribution in [0.3, 0.4) is 0 Å². The third-order valence-electron chi connectivity index (χ3n) is 2.60. The topological polar surface area (TPSA) is 42.4 Å². The minimum atomic E-state index is -4.46. The van der Waals surface area contributed by atoms with Crippen molar-refractivity contribution in [2.75, 3.05) is 6.61 Å². The van der Waals surface area contributed by atoms with Gasteiger partial charge in [-0.25, -0.2) is 4.98 Å².